The number of hydrogen-bond donors (Lipinski definition) is 3. The number of carbonyl (C=O) groups is 5. The molecule has 4 aliphatic rings. The van der Waals surface area contributed by atoms with Crippen LogP contribution >= 0.6 is 23.2 Å². The number of phenols is 1. The number of aliphatic carboxylic acids is 1. The summed E-state index contributed by atoms with van der Waals surface area (Å²) in [7, 11) is 1.36. The summed E-state index contributed by atoms with van der Waals surface area (Å²) < 4.78 is 46.1. The molecule has 0 spiro atoms. The molecule has 3 N–H and O–H groups in total. The molecule has 12 nitrogen and oxygen atoms in total. The molecule has 54 heavy (non-hydrogen) atoms. The second-order valence-electron chi connectivity index (χ2n) is 13.6. The number of likely N-dealkylation sites (tertiary alicyclic amines) is 1. The number of aromatic hydroxyl groups is 1. The van der Waals surface area contributed by atoms with Crippen LogP contribution in [0.15, 0.2) is 66.4 Å². The van der Waals surface area contributed by atoms with Gasteiger partial charge in [-0.2, -0.15) is 18.2 Å². The molecule has 0 bridgehead atoms. The molecule has 3 aromatic rings. The zero-order chi connectivity index (χ0) is 38.9. The van der Waals surface area contributed by atoms with Crippen molar-refractivity contribution >= 4 is 58.6 Å². The number of hydrogen-bond acceptors (Lipinski definition) is 9. The molecule has 6 unspecified atom stereocenters. The predicted molar refractivity (Wildman–Crippen MR) is 185 cm³/mol. The topological polar surface area (TPSA) is 166 Å². The van der Waals surface area contributed by atoms with Crippen molar-refractivity contribution in [1.82, 2.24) is 14.9 Å². The summed E-state index contributed by atoms with van der Waals surface area (Å²) in [6.07, 6.45) is -2.83. The van der Waals surface area contributed by atoms with Gasteiger partial charge in [0, 0.05) is 35.7 Å². The molecule has 3 fully saturated rings. The van der Waals surface area contributed by atoms with Crippen molar-refractivity contribution < 1.29 is 52.1 Å². The van der Waals surface area contributed by atoms with Gasteiger partial charge in [0.15, 0.2) is 5.82 Å². The SMILES string of the molecule is COc1cccc(O)c1C1C2=CCC3C(=O)N(CCCC(=O)O)C(=O)C3C2CC2C(=O)N(Nc3ncc(C(F)(F)F)cc3Cl)C(=O)C21c1ccc(Cl)cc1. The van der Waals surface area contributed by atoms with E-state index in [0.717, 1.165) is 4.90 Å². The maximum Gasteiger partial charge on any atom is 0.417 e. The number of fused-ring (bicyclic) bond motifs is 4. The Morgan fingerprint density at radius 1 is 1.06 bits per heavy atom. The summed E-state index contributed by atoms with van der Waals surface area (Å²) >= 11 is 12.5. The van der Waals surface area contributed by atoms with E-state index in [1.165, 1.54) is 31.4 Å². The molecule has 2 aliphatic carbocycles. The highest BCUT2D eigenvalue weighted by Gasteiger charge is 2.71. The molecule has 3 heterocycles. The minimum Gasteiger partial charge on any atom is -0.508 e. The molecule has 6 atom stereocenters. The number of ether oxygens (including phenoxy) is 1. The summed E-state index contributed by atoms with van der Waals surface area (Å²) in [6, 6.07) is 11.2. The molecule has 2 saturated heterocycles. The third-order valence-corrected chi connectivity index (χ3v) is 11.5. The second kappa shape index (κ2) is 13.6. The van der Waals surface area contributed by atoms with Crippen LogP contribution in [-0.4, -0.2) is 68.4 Å². The normalized spacial score (nSPS) is 26.3. The number of methoxy groups -OCH3 is 1. The number of aromatic nitrogens is 1. The van der Waals surface area contributed by atoms with Gasteiger partial charge >= 0.3 is 12.1 Å². The third kappa shape index (κ3) is 5.75. The molecule has 2 aromatic carbocycles. The van der Waals surface area contributed by atoms with Crippen molar-refractivity contribution in [3.63, 3.8) is 0 Å². The van der Waals surface area contributed by atoms with Crippen LogP contribution in [0.5, 0.6) is 11.5 Å². The summed E-state index contributed by atoms with van der Waals surface area (Å²) in [4.78, 5) is 73.9. The number of anilines is 1. The number of pyridine rings is 1. The highest BCUT2D eigenvalue weighted by atomic mass is 35.5. The Morgan fingerprint density at radius 3 is 2.43 bits per heavy atom. The molecular formula is C37H31Cl2F3N4O8. The third-order valence-electron chi connectivity index (χ3n) is 11.0. The number of benzene rings is 2. The van der Waals surface area contributed by atoms with Crippen molar-refractivity contribution in [2.45, 2.75) is 43.2 Å². The van der Waals surface area contributed by atoms with Gasteiger partial charge in [0.2, 0.25) is 11.8 Å². The average molecular weight is 788 g/mol. The summed E-state index contributed by atoms with van der Waals surface area (Å²) in [5.74, 6) is -9.50. The lowest BCUT2D eigenvalue weighted by molar-refractivity contribution is -0.142. The first-order valence-electron chi connectivity index (χ1n) is 16.9. The molecule has 4 amide bonds. The fourth-order valence-electron chi connectivity index (χ4n) is 8.77. The number of carboxylic acid groups (broad SMARTS) is 1. The molecule has 1 aromatic heterocycles. The number of allylic oxidation sites excluding steroid dienone is 2. The number of phenolic OH excluding ortho intramolecular Hbond substituents is 1. The first kappa shape index (κ1) is 37.2. The van der Waals surface area contributed by atoms with E-state index in [1.54, 1.807) is 24.3 Å². The molecule has 1 saturated carbocycles. The van der Waals surface area contributed by atoms with Gasteiger partial charge in [-0.3, -0.25) is 34.3 Å². The quantitative estimate of drug-likeness (QED) is 0.174. The highest BCUT2D eigenvalue weighted by Crippen LogP contribution is 2.66. The van der Waals surface area contributed by atoms with Gasteiger partial charge in [-0.25, -0.2) is 4.98 Å². The van der Waals surface area contributed by atoms with Gasteiger partial charge in [-0.05, 0) is 61.1 Å². The number of rotatable bonds is 9. The number of alkyl halides is 3. The lowest BCUT2D eigenvalue weighted by Crippen LogP contribution is -2.53. The van der Waals surface area contributed by atoms with E-state index in [-0.39, 0.29) is 49.3 Å². The zero-order valence-corrected chi connectivity index (χ0v) is 29.8. The van der Waals surface area contributed by atoms with Crippen LogP contribution in [0.1, 0.15) is 48.3 Å². The number of halogens is 5. The van der Waals surface area contributed by atoms with Crippen LogP contribution in [0.4, 0.5) is 19.0 Å². The Morgan fingerprint density at radius 2 is 1.78 bits per heavy atom. The van der Waals surface area contributed by atoms with Gasteiger partial charge in [-0.1, -0.05) is 53.1 Å². The minimum atomic E-state index is -4.78. The van der Waals surface area contributed by atoms with Gasteiger partial charge in [-0.15, -0.1) is 0 Å². The van der Waals surface area contributed by atoms with Crippen LogP contribution in [0.25, 0.3) is 0 Å². The van der Waals surface area contributed by atoms with Gasteiger partial charge in [0.1, 0.15) is 11.5 Å². The van der Waals surface area contributed by atoms with Crippen LogP contribution in [0, 0.1) is 23.7 Å². The predicted octanol–water partition coefficient (Wildman–Crippen LogP) is 5.97. The van der Waals surface area contributed by atoms with E-state index in [9.17, 15) is 37.5 Å². The summed E-state index contributed by atoms with van der Waals surface area (Å²) in [5, 5.41) is 21.2. The van der Waals surface area contributed by atoms with E-state index in [0.29, 0.717) is 33.4 Å². The Hall–Kier alpha value is -5.15. The number of nitrogens with one attached hydrogen (secondary N) is 1. The van der Waals surface area contributed by atoms with Crippen LogP contribution < -0.4 is 10.2 Å². The van der Waals surface area contributed by atoms with Gasteiger partial charge < -0.3 is 14.9 Å². The molecule has 2 aliphatic heterocycles. The van der Waals surface area contributed by atoms with Gasteiger partial charge in [0.05, 0.1) is 40.9 Å². The molecule has 282 valence electrons. The van der Waals surface area contributed by atoms with E-state index in [4.69, 9.17) is 33.0 Å². The second-order valence-corrected chi connectivity index (χ2v) is 14.5. The van der Waals surface area contributed by atoms with Crippen LogP contribution in [0.3, 0.4) is 0 Å². The van der Waals surface area contributed by atoms with Crippen molar-refractivity contribution in [2.24, 2.45) is 23.7 Å². The van der Waals surface area contributed by atoms with E-state index in [2.05, 4.69) is 10.4 Å². The maximum atomic E-state index is 15.3. The summed E-state index contributed by atoms with van der Waals surface area (Å²) in [5.41, 5.74) is 0.420. The van der Waals surface area contributed by atoms with Crippen molar-refractivity contribution in [1.29, 1.82) is 0 Å². The van der Waals surface area contributed by atoms with E-state index < -0.39 is 87.2 Å². The minimum absolute atomic E-state index is 0.0331. The maximum absolute atomic E-state index is 15.3. The number of carboxylic acids is 1. The van der Waals surface area contributed by atoms with E-state index >= 15 is 4.79 Å². The Balaban J connectivity index is 1.42. The number of amides is 4. The van der Waals surface area contributed by atoms with Crippen molar-refractivity contribution in [2.75, 3.05) is 19.1 Å². The smallest absolute Gasteiger partial charge is 0.417 e. The first-order chi connectivity index (χ1) is 25.6. The van der Waals surface area contributed by atoms with Gasteiger partial charge in [0.25, 0.3) is 11.8 Å². The molecule has 7 rings (SSSR count). The summed E-state index contributed by atoms with van der Waals surface area (Å²) in [6.45, 7) is -0.121. The Bertz CT molecular complexity index is 2130. The fourth-order valence-corrected chi connectivity index (χ4v) is 9.11. The van der Waals surface area contributed by atoms with Crippen molar-refractivity contribution in [3.8, 4) is 11.5 Å². The lowest BCUT2D eigenvalue weighted by Gasteiger charge is -2.50. The number of carbonyl (C=O) groups excluding carboxylic acids is 4. The highest BCUT2D eigenvalue weighted by molar-refractivity contribution is 6.33. The molecule has 17 heteroatoms. The lowest BCUT2D eigenvalue weighted by atomic mass is 9.49. The number of nitrogens with zero attached hydrogens (tertiary/aromatic N) is 3. The monoisotopic (exact) mass is 786 g/mol. The van der Waals surface area contributed by atoms with Crippen LogP contribution in [0.2, 0.25) is 10.0 Å². The van der Waals surface area contributed by atoms with E-state index in [1.807, 2.05) is 0 Å². The Kier molecular flexibility index (Phi) is 9.37. The average Bonchev–Trinajstić information content (AvgIpc) is 3.49. The molecular weight excluding hydrogens is 756 g/mol. The largest absolute Gasteiger partial charge is 0.508 e. The molecule has 0 radical (unpaired) electrons. The number of hydrazine groups is 1. The number of imide groups is 2. The fraction of sp³-hybridized carbons (Fsp3) is 0.351. The zero-order valence-electron chi connectivity index (χ0n) is 28.3. The first-order valence-corrected chi connectivity index (χ1v) is 17.6. The standard InChI is InChI=1S/C37H31Cl2F3N4O8/c1-54-26-5-2-4-25(47)29(26)30-20-11-12-21-28(34(52)45(32(21)50)13-3-6-27(48)49)22(20)15-23-33(51)46(35(53)36(23,30)17-7-9-19(38)10-8-17)44-31-24(39)14-18(16-43-31)37(40,41)42/h2,4-5,7-11,14,16,21-23,28,30,47H,3,6,12-13,15H2,1H3,(H,43,44)(H,48,49). The van der Waals surface area contributed by atoms with Crippen molar-refractivity contribution in [3.05, 3.63) is 93.1 Å². The van der Waals surface area contributed by atoms with Crippen LogP contribution in [-0.2, 0) is 35.6 Å². The Labute approximate surface area is 315 Å².